The second-order valence-corrected chi connectivity index (χ2v) is 4.51. The molecule has 0 aliphatic heterocycles. The van der Waals surface area contributed by atoms with E-state index in [1.54, 1.807) is 12.1 Å². The Morgan fingerprint density at radius 2 is 1.74 bits per heavy atom. The molecule has 0 atom stereocenters. The van der Waals surface area contributed by atoms with Crippen LogP contribution in [0.15, 0.2) is 36.4 Å². The summed E-state index contributed by atoms with van der Waals surface area (Å²) in [6.07, 6.45) is 0. The van der Waals surface area contributed by atoms with Crippen LogP contribution in [0.25, 0.3) is 0 Å². The lowest BCUT2D eigenvalue weighted by atomic mass is 10.1. The lowest BCUT2D eigenvalue weighted by Gasteiger charge is -2.13. The Hall–Kier alpha value is -2.34. The minimum Gasteiger partial charge on any atom is -0.380 e. The number of para-hydroxylation sites is 1. The molecule has 0 saturated carbocycles. The molecule has 2 rings (SSSR count). The third-order valence-electron chi connectivity index (χ3n) is 3.14. The number of nitriles is 1. The summed E-state index contributed by atoms with van der Waals surface area (Å²) in [5.41, 5.74) is 3.85. The molecule has 0 fully saturated rings. The van der Waals surface area contributed by atoms with E-state index in [1.165, 1.54) is 6.07 Å². The van der Waals surface area contributed by atoms with Gasteiger partial charge in [-0.1, -0.05) is 30.3 Å². The van der Waals surface area contributed by atoms with Gasteiger partial charge < -0.3 is 5.32 Å². The maximum absolute atomic E-state index is 13.9. The molecule has 3 heteroatoms. The molecule has 96 valence electrons. The van der Waals surface area contributed by atoms with Crippen LogP contribution in [0.4, 0.5) is 10.1 Å². The Labute approximate surface area is 112 Å². The smallest absolute Gasteiger partial charge is 0.145 e. The predicted molar refractivity (Wildman–Crippen MR) is 74.4 cm³/mol. The monoisotopic (exact) mass is 254 g/mol. The quantitative estimate of drug-likeness (QED) is 0.900. The standard InChI is InChI=1S/C16H15FN2/c1-11-5-3-6-12(2)16(11)19-10-14-8-4-7-13(9-18)15(14)17/h3-8,19H,10H2,1-2H3. The topological polar surface area (TPSA) is 35.8 Å². The van der Waals surface area contributed by atoms with Gasteiger partial charge >= 0.3 is 0 Å². The van der Waals surface area contributed by atoms with E-state index in [0.717, 1.165) is 16.8 Å². The molecule has 0 spiro atoms. The second kappa shape index (κ2) is 5.53. The first-order chi connectivity index (χ1) is 9.13. The van der Waals surface area contributed by atoms with Crippen molar-refractivity contribution < 1.29 is 4.39 Å². The Morgan fingerprint density at radius 3 is 2.37 bits per heavy atom. The Balaban J connectivity index is 2.22. The summed E-state index contributed by atoms with van der Waals surface area (Å²) in [5.74, 6) is -0.441. The first kappa shape index (κ1) is 13.1. The van der Waals surface area contributed by atoms with E-state index in [-0.39, 0.29) is 5.56 Å². The molecule has 0 bridgehead atoms. The summed E-state index contributed by atoms with van der Waals surface area (Å²) in [4.78, 5) is 0. The SMILES string of the molecule is Cc1cccc(C)c1NCc1cccc(C#N)c1F. The van der Waals surface area contributed by atoms with Crippen LogP contribution < -0.4 is 5.32 Å². The van der Waals surface area contributed by atoms with Crippen molar-refractivity contribution in [3.8, 4) is 6.07 Å². The van der Waals surface area contributed by atoms with Crippen molar-refractivity contribution in [1.29, 1.82) is 5.26 Å². The number of benzene rings is 2. The van der Waals surface area contributed by atoms with Gasteiger partial charge in [0.1, 0.15) is 11.9 Å². The molecule has 0 unspecified atom stereocenters. The van der Waals surface area contributed by atoms with Crippen LogP contribution in [0.5, 0.6) is 0 Å². The number of hydrogen-bond donors (Lipinski definition) is 1. The summed E-state index contributed by atoms with van der Waals surface area (Å²) in [6.45, 7) is 4.39. The van der Waals surface area contributed by atoms with Gasteiger partial charge in [0.25, 0.3) is 0 Å². The van der Waals surface area contributed by atoms with E-state index in [2.05, 4.69) is 5.32 Å². The van der Waals surface area contributed by atoms with E-state index in [1.807, 2.05) is 38.1 Å². The van der Waals surface area contributed by atoms with E-state index in [4.69, 9.17) is 5.26 Å². The van der Waals surface area contributed by atoms with Gasteiger partial charge in [-0.15, -0.1) is 0 Å². The Morgan fingerprint density at radius 1 is 1.11 bits per heavy atom. The fourth-order valence-corrected chi connectivity index (χ4v) is 2.08. The highest BCUT2D eigenvalue weighted by molar-refractivity contribution is 5.57. The van der Waals surface area contributed by atoms with Gasteiger partial charge in [-0.25, -0.2) is 4.39 Å². The zero-order chi connectivity index (χ0) is 13.8. The third kappa shape index (κ3) is 2.74. The molecule has 1 N–H and O–H groups in total. The molecule has 0 aliphatic carbocycles. The molecule has 2 aromatic carbocycles. The molecule has 0 radical (unpaired) electrons. The van der Waals surface area contributed by atoms with Gasteiger partial charge in [0.15, 0.2) is 0 Å². The summed E-state index contributed by atoms with van der Waals surface area (Å²) >= 11 is 0. The normalized spacial score (nSPS) is 10.0. The first-order valence-electron chi connectivity index (χ1n) is 6.11. The number of hydrogen-bond acceptors (Lipinski definition) is 2. The van der Waals surface area contributed by atoms with Crippen molar-refractivity contribution >= 4 is 5.69 Å². The van der Waals surface area contributed by atoms with Crippen LogP contribution in [-0.2, 0) is 6.54 Å². The number of aryl methyl sites for hydroxylation is 2. The largest absolute Gasteiger partial charge is 0.380 e. The number of rotatable bonds is 3. The van der Waals surface area contributed by atoms with E-state index >= 15 is 0 Å². The molecule has 0 amide bonds. The third-order valence-corrected chi connectivity index (χ3v) is 3.14. The Bertz CT molecular complexity index is 621. The maximum atomic E-state index is 13.9. The van der Waals surface area contributed by atoms with Crippen LogP contribution in [0.1, 0.15) is 22.3 Å². The zero-order valence-corrected chi connectivity index (χ0v) is 11.0. The number of nitrogens with one attached hydrogen (secondary N) is 1. The van der Waals surface area contributed by atoms with Crippen LogP contribution >= 0.6 is 0 Å². The Kier molecular flexibility index (Phi) is 3.82. The van der Waals surface area contributed by atoms with Crippen LogP contribution in [0.3, 0.4) is 0 Å². The molecule has 0 aromatic heterocycles. The van der Waals surface area contributed by atoms with Gasteiger partial charge in [-0.3, -0.25) is 0 Å². The van der Waals surface area contributed by atoms with Gasteiger partial charge in [0, 0.05) is 17.8 Å². The summed E-state index contributed by atoms with van der Waals surface area (Å²) < 4.78 is 13.9. The molecular weight excluding hydrogens is 239 g/mol. The number of halogens is 1. The number of anilines is 1. The molecule has 0 aliphatic rings. The molecule has 0 saturated heterocycles. The first-order valence-corrected chi connectivity index (χ1v) is 6.11. The van der Waals surface area contributed by atoms with Crippen LogP contribution in [-0.4, -0.2) is 0 Å². The summed E-state index contributed by atoms with van der Waals surface area (Å²) in [7, 11) is 0. The van der Waals surface area contributed by atoms with Crippen LogP contribution in [0.2, 0.25) is 0 Å². The molecule has 19 heavy (non-hydrogen) atoms. The maximum Gasteiger partial charge on any atom is 0.145 e. The van der Waals surface area contributed by atoms with Gasteiger partial charge in [0.2, 0.25) is 0 Å². The average Bonchev–Trinajstić information content (AvgIpc) is 2.40. The van der Waals surface area contributed by atoms with Crippen molar-refractivity contribution in [3.05, 3.63) is 64.5 Å². The van der Waals surface area contributed by atoms with Gasteiger partial charge in [-0.2, -0.15) is 5.26 Å². The summed E-state index contributed by atoms with van der Waals surface area (Å²) in [5, 5.41) is 12.0. The molecule has 2 aromatic rings. The molecule has 2 nitrogen and oxygen atoms in total. The van der Waals surface area contributed by atoms with E-state index < -0.39 is 5.82 Å². The van der Waals surface area contributed by atoms with Crippen molar-refractivity contribution in [1.82, 2.24) is 0 Å². The van der Waals surface area contributed by atoms with Gasteiger partial charge in [0.05, 0.1) is 5.56 Å². The van der Waals surface area contributed by atoms with Crippen molar-refractivity contribution in [2.45, 2.75) is 20.4 Å². The highest BCUT2D eigenvalue weighted by atomic mass is 19.1. The number of nitrogens with zero attached hydrogens (tertiary/aromatic N) is 1. The lowest BCUT2D eigenvalue weighted by molar-refractivity contribution is 0.609. The fourth-order valence-electron chi connectivity index (χ4n) is 2.08. The minimum atomic E-state index is -0.441. The lowest BCUT2D eigenvalue weighted by Crippen LogP contribution is -2.05. The zero-order valence-electron chi connectivity index (χ0n) is 11.0. The highest BCUT2D eigenvalue weighted by Gasteiger charge is 2.08. The fraction of sp³-hybridized carbons (Fsp3) is 0.188. The molecule has 0 heterocycles. The van der Waals surface area contributed by atoms with Crippen molar-refractivity contribution in [3.63, 3.8) is 0 Å². The predicted octanol–water partition coefficient (Wildman–Crippen LogP) is 3.93. The highest BCUT2D eigenvalue weighted by Crippen LogP contribution is 2.21. The summed E-state index contributed by atoms with van der Waals surface area (Å²) in [6, 6.07) is 12.7. The minimum absolute atomic E-state index is 0.0841. The van der Waals surface area contributed by atoms with Crippen molar-refractivity contribution in [2.75, 3.05) is 5.32 Å². The van der Waals surface area contributed by atoms with Gasteiger partial charge in [-0.05, 0) is 31.0 Å². The van der Waals surface area contributed by atoms with Crippen LogP contribution in [0, 0.1) is 31.0 Å². The second-order valence-electron chi connectivity index (χ2n) is 4.51. The van der Waals surface area contributed by atoms with E-state index in [0.29, 0.717) is 12.1 Å². The molecular formula is C16H15FN2. The van der Waals surface area contributed by atoms with Crippen molar-refractivity contribution in [2.24, 2.45) is 0 Å². The average molecular weight is 254 g/mol. The van der Waals surface area contributed by atoms with E-state index in [9.17, 15) is 4.39 Å².